The first-order chi connectivity index (χ1) is 8.61. The lowest BCUT2D eigenvalue weighted by Crippen LogP contribution is -2.28. The molecule has 1 aromatic heterocycles. The van der Waals surface area contributed by atoms with Crippen LogP contribution in [0.2, 0.25) is 0 Å². The molecular formula is C14H15Cl2NO. The van der Waals surface area contributed by atoms with Crippen molar-refractivity contribution in [3.05, 3.63) is 42.7 Å². The third kappa shape index (κ3) is 2.89. The number of alkyl halides is 2. The minimum Gasteiger partial charge on any atom is -0.464 e. The average Bonchev–Trinajstić information content (AvgIpc) is 2.81. The Morgan fingerprint density at radius 3 is 2.83 bits per heavy atom. The second kappa shape index (κ2) is 5.79. The quantitative estimate of drug-likeness (QED) is 0.831. The standard InChI is InChI=1S/C14H15Cl2NO/c1-9(12(17-2)8-14(15)16)11-4-3-10-5-6-18-13(10)7-11/h3-7,12,14,17H,1,8H2,2H3. The van der Waals surface area contributed by atoms with Crippen LogP contribution in [0.4, 0.5) is 0 Å². The first-order valence-corrected chi connectivity index (χ1v) is 6.61. The fourth-order valence-electron chi connectivity index (χ4n) is 1.97. The zero-order valence-corrected chi connectivity index (χ0v) is 11.6. The van der Waals surface area contributed by atoms with Gasteiger partial charge in [-0.05, 0) is 36.7 Å². The number of halogens is 2. The van der Waals surface area contributed by atoms with Gasteiger partial charge in [-0.1, -0.05) is 18.7 Å². The van der Waals surface area contributed by atoms with Crippen molar-refractivity contribution >= 4 is 39.7 Å². The highest BCUT2D eigenvalue weighted by atomic mass is 35.5. The highest BCUT2D eigenvalue weighted by Gasteiger charge is 2.16. The molecule has 0 amide bonds. The molecule has 0 aliphatic carbocycles. The van der Waals surface area contributed by atoms with Crippen molar-refractivity contribution < 1.29 is 4.42 Å². The van der Waals surface area contributed by atoms with Crippen LogP contribution in [-0.4, -0.2) is 17.9 Å². The monoisotopic (exact) mass is 283 g/mol. The molecule has 2 nitrogen and oxygen atoms in total. The van der Waals surface area contributed by atoms with Crippen LogP contribution >= 0.6 is 23.2 Å². The van der Waals surface area contributed by atoms with Gasteiger partial charge in [0, 0.05) is 11.4 Å². The Morgan fingerprint density at radius 2 is 2.17 bits per heavy atom. The molecule has 4 heteroatoms. The Morgan fingerprint density at radius 1 is 1.39 bits per heavy atom. The van der Waals surface area contributed by atoms with Gasteiger partial charge in [-0.3, -0.25) is 0 Å². The maximum absolute atomic E-state index is 5.83. The Bertz CT molecular complexity index is 547. The normalized spacial score (nSPS) is 13.1. The van der Waals surface area contributed by atoms with Crippen LogP contribution in [0.3, 0.4) is 0 Å². The van der Waals surface area contributed by atoms with Gasteiger partial charge in [-0.25, -0.2) is 0 Å². The van der Waals surface area contributed by atoms with E-state index < -0.39 is 4.84 Å². The molecule has 1 unspecified atom stereocenters. The van der Waals surface area contributed by atoms with E-state index in [2.05, 4.69) is 11.9 Å². The highest BCUT2D eigenvalue weighted by molar-refractivity contribution is 6.44. The lowest BCUT2D eigenvalue weighted by molar-refractivity contribution is 0.615. The summed E-state index contributed by atoms with van der Waals surface area (Å²) >= 11 is 11.7. The molecule has 18 heavy (non-hydrogen) atoms. The van der Waals surface area contributed by atoms with E-state index in [1.807, 2.05) is 31.3 Å². The Hall–Kier alpha value is -0.960. The second-order valence-corrected chi connectivity index (χ2v) is 5.44. The summed E-state index contributed by atoms with van der Waals surface area (Å²) < 4.78 is 5.39. The molecule has 1 aromatic carbocycles. The molecule has 0 aliphatic rings. The van der Waals surface area contributed by atoms with Crippen LogP contribution in [0, 0.1) is 0 Å². The van der Waals surface area contributed by atoms with Gasteiger partial charge in [-0.15, -0.1) is 23.2 Å². The zero-order chi connectivity index (χ0) is 13.1. The van der Waals surface area contributed by atoms with Gasteiger partial charge in [0.2, 0.25) is 0 Å². The molecule has 0 aliphatic heterocycles. The fourth-order valence-corrected chi connectivity index (χ4v) is 2.32. The molecule has 0 spiro atoms. The average molecular weight is 284 g/mol. The van der Waals surface area contributed by atoms with E-state index in [1.165, 1.54) is 0 Å². The molecule has 0 saturated carbocycles. The Kier molecular flexibility index (Phi) is 4.33. The van der Waals surface area contributed by atoms with Crippen LogP contribution < -0.4 is 5.32 Å². The third-order valence-electron chi connectivity index (χ3n) is 3.01. The number of fused-ring (bicyclic) bond motifs is 1. The summed E-state index contributed by atoms with van der Waals surface area (Å²) in [5.41, 5.74) is 2.85. The summed E-state index contributed by atoms with van der Waals surface area (Å²) in [5.74, 6) is 0. The van der Waals surface area contributed by atoms with Crippen LogP contribution in [0.5, 0.6) is 0 Å². The number of hydrogen-bond acceptors (Lipinski definition) is 2. The van der Waals surface area contributed by atoms with Crippen LogP contribution in [0.15, 0.2) is 41.5 Å². The summed E-state index contributed by atoms with van der Waals surface area (Å²) in [5, 5.41) is 4.26. The van der Waals surface area contributed by atoms with Crippen LogP contribution in [0.25, 0.3) is 16.5 Å². The van der Waals surface area contributed by atoms with Crippen molar-refractivity contribution in [2.24, 2.45) is 0 Å². The SMILES string of the molecule is C=C(c1ccc2ccoc2c1)C(CC(Cl)Cl)NC. The number of nitrogens with one attached hydrogen (secondary N) is 1. The summed E-state index contributed by atoms with van der Waals surface area (Å²) in [4.78, 5) is -0.411. The van der Waals surface area contributed by atoms with Gasteiger partial charge < -0.3 is 9.73 Å². The molecule has 2 rings (SSSR count). The minimum absolute atomic E-state index is 0.0532. The van der Waals surface area contributed by atoms with E-state index in [-0.39, 0.29) is 6.04 Å². The highest BCUT2D eigenvalue weighted by Crippen LogP contribution is 2.26. The van der Waals surface area contributed by atoms with Gasteiger partial charge in [0.1, 0.15) is 10.4 Å². The maximum atomic E-state index is 5.83. The molecule has 0 radical (unpaired) electrons. The number of furan rings is 1. The number of hydrogen-bond donors (Lipinski definition) is 1. The van der Waals surface area contributed by atoms with E-state index in [0.717, 1.165) is 22.1 Å². The van der Waals surface area contributed by atoms with Crippen molar-refractivity contribution in [3.63, 3.8) is 0 Å². The van der Waals surface area contributed by atoms with Crippen LogP contribution in [0.1, 0.15) is 12.0 Å². The van der Waals surface area contributed by atoms with Crippen molar-refractivity contribution in [2.75, 3.05) is 7.05 Å². The molecule has 0 bridgehead atoms. The summed E-state index contributed by atoms with van der Waals surface area (Å²) in [6.07, 6.45) is 2.30. The van der Waals surface area contributed by atoms with Gasteiger partial charge in [0.25, 0.3) is 0 Å². The molecule has 96 valence electrons. The van der Waals surface area contributed by atoms with E-state index in [1.54, 1.807) is 6.26 Å². The van der Waals surface area contributed by atoms with Crippen molar-refractivity contribution in [1.29, 1.82) is 0 Å². The van der Waals surface area contributed by atoms with Gasteiger partial charge in [0.15, 0.2) is 0 Å². The summed E-state index contributed by atoms with van der Waals surface area (Å²) in [6.45, 7) is 4.12. The first-order valence-electron chi connectivity index (χ1n) is 5.73. The van der Waals surface area contributed by atoms with E-state index in [4.69, 9.17) is 27.6 Å². The molecular weight excluding hydrogens is 269 g/mol. The van der Waals surface area contributed by atoms with Crippen molar-refractivity contribution in [2.45, 2.75) is 17.3 Å². The molecule has 2 aromatic rings. The first kappa shape index (κ1) is 13.5. The van der Waals surface area contributed by atoms with Crippen molar-refractivity contribution in [3.8, 4) is 0 Å². The lowest BCUT2D eigenvalue weighted by atomic mass is 9.98. The second-order valence-electron chi connectivity index (χ2n) is 4.17. The van der Waals surface area contributed by atoms with Crippen LogP contribution in [-0.2, 0) is 0 Å². The smallest absolute Gasteiger partial charge is 0.134 e. The molecule has 0 fully saturated rings. The number of likely N-dealkylation sites (N-methyl/N-ethyl adjacent to an activating group) is 1. The molecule has 0 saturated heterocycles. The fraction of sp³-hybridized carbons (Fsp3) is 0.286. The van der Waals surface area contributed by atoms with E-state index in [0.29, 0.717) is 6.42 Å². The number of rotatable bonds is 5. The topological polar surface area (TPSA) is 25.2 Å². The third-order valence-corrected chi connectivity index (χ3v) is 3.37. The Labute approximate surface area is 117 Å². The minimum atomic E-state index is -0.411. The largest absolute Gasteiger partial charge is 0.464 e. The maximum Gasteiger partial charge on any atom is 0.134 e. The number of benzene rings is 1. The predicted octanol–water partition coefficient (Wildman–Crippen LogP) is 4.23. The molecule has 1 atom stereocenters. The zero-order valence-electron chi connectivity index (χ0n) is 10.1. The van der Waals surface area contributed by atoms with Gasteiger partial charge in [0.05, 0.1) is 6.26 Å². The lowest BCUT2D eigenvalue weighted by Gasteiger charge is -2.19. The van der Waals surface area contributed by atoms with Gasteiger partial charge in [-0.2, -0.15) is 0 Å². The van der Waals surface area contributed by atoms with Crippen molar-refractivity contribution in [1.82, 2.24) is 5.32 Å². The molecule has 1 N–H and O–H groups in total. The summed E-state index contributed by atoms with van der Waals surface area (Å²) in [6, 6.07) is 8.02. The molecule has 1 heterocycles. The van der Waals surface area contributed by atoms with E-state index >= 15 is 0 Å². The van der Waals surface area contributed by atoms with Gasteiger partial charge >= 0.3 is 0 Å². The van der Waals surface area contributed by atoms with E-state index in [9.17, 15) is 0 Å². The summed E-state index contributed by atoms with van der Waals surface area (Å²) in [7, 11) is 1.87. The predicted molar refractivity (Wildman–Crippen MR) is 78.2 cm³/mol. The Balaban J connectivity index is 2.25.